The van der Waals surface area contributed by atoms with E-state index in [4.69, 9.17) is 32.7 Å². The van der Waals surface area contributed by atoms with Crippen molar-refractivity contribution in [2.75, 3.05) is 11.9 Å². The molecule has 36 heavy (non-hydrogen) atoms. The molecule has 0 aliphatic carbocycles. The van der Waals surface area contributed by atoms with Crippen LogP contribution in [-0.2, 0) is 11.4 Å². The number of fused-ring (bicyclic) bond motifs is 1. The maximum absolute atomic E-state index is 12.6. The molecule has 5 nitrogen and oxygen atoms in total. The molecule has 0 saturated carbocycles. The molecule has 4 rings (SSSR count). The number of anilines is 1. The number of benzene rings is 4. The predicted octanol–water partition coefficient (Wildman–Crippen LogP) is 7.67. The summed E-state index contributed by atoms with van der Waals surface area (Å²) in [5, 5.41) is 15.4. The van der Waals surface area contributed by atoms with Crippen LogP contribution in [0, 0.1) is 11.3 Å². The molecule has 1 amide bonds. The summed E-state index contributed by atoms with van der Waals surface area (Å²) in [5.74, 6) is 0.269. The number of hydrogen-bond acceptors (Lipinski definition) is 4. The van der Waals surface area contributed by atoms with Gasteiger partial charge < -0.3 is 14.8 Å². The van der Waals surface area contributed by atoms with Gasteiger partial charge in [-0.3, -0.25) is 4.79 Å². The van der Waals surface area contributed by atoms with E-state index in [9.17, 15) is 10.1 Å². The van der Waals surface area contributed by atoms with E-state index in [2.05, 4.69) is 23.5 Å². The summed E-state index contributed by atoms with van der Waals surface area (Å²) in [6.07, 6.45) is 1.45. The highest BCUT2D eigenvalue weighted by molar-refractivity contribution is 6.32. The lowest BCUT2D eigenvalue weighted by molar-refractivity contribution is -0.112. The molecule has 0 fully saturated rings. The highest BCUT2D eigenvalue weighted by atomic mass is 35.5. The van der Waals surface area contributed by atoms with Crippen molar-refractivity contribution in [1.29, 1.82) is 5.26 Å². The van der Waals surface area contributed by atoms with Gasteiger partial charge in [0.2, 0.25) is 0 Å². The first kappa shape index (κ1) is 25.1. The lowest BCUT2D eigenvalue weighted by Crippen LogP contribution is -2.13. The Morgan fingerprint density at radius 3 is 2.44 bits per heavy atom. The first-order chi connectivity index (χ1) is 17.5. The number of halogens is 2. The smallest absolute Gasteiger partial charge is 0.266 e. The van der Waals surface area contributed by atoms with Crippen LogP contribution in [0.4, 0.5) is 5.69 Å². The summed E-state index contributed by atoms with van der Waals surface area (Å²) in [6, 6.07) is 26.1. The molecule has 0 aliphatic heterocycles. The molecule has 0 atom stereocenters. The topological polar surface area (TPSA) is 71.3 Å². The van der Waals surface area contributed by atoms with Gasteiger partial charge in [-0.25, -0.2) is 0 Å². The molecular formula is C29H22Cl2N2O3. The zero-order chi connectivity index (χ0) is 25.5. The molecule has 0 saturated heterocycles. The van der Waals surface area contributed by atoms with Gasteiger partial charge in [0.15, 0.2) is 11.5 Å². The van der Waals surface area contributed by atoms with Crippen molar-refractivity contribution in [3.05, 3.63) is 106 Å². The Kier molecular flexibility index (Phi) is 8.12. The third kappa shape index (κ3) is 6.17. The van der Waals surface area contributed by atoms with Gasteiger partial charge in [-0.05, 0) is 77.4 Å². The molecule has 0 spiro atoms. The Labute approximate surface area is 219 Å². The van der Waals surface area contributed by atoms with Crippen LogP contribution < -0.4 is 14.8 Å². The molecule has 4 aromatic rings. The van der Waals surface area contributed by atoms with Crippen molar-refractivity contribution >= 4 is 51.6 Å². The number of carbonyl (C=O) groups excluding carboxylic acids is 1. The quantitative estimate of drug-likeness (QED) is 0.192. The summed E-state index contributed by atoms with van der Waals surface area (Å²) in [6.45, 7) is 2.54. The zero-order valence-electron chi connectivity index (χ0n) is 19.4. The molecule has 7 heteroatoms. The monoisotopic (exact) mass is 516 g/mol. The van der Waals surface area contributed by atoms with E-state index in [1.165, 1.54) is 6.08 Å². The average molecular weight is 517 g/mol. The highest BCUT2D eigenvalue weighted by Gasteiger charge is 2.15. The van der Waals surface area contributed by atoms with Crippen LogP contribution in [0.15, 0.2) is 84.4 Å². The van der Waals surface area contributed by atoms with Crippen LogP contribution in [-0.4, -0.2) is 12.5 Å². The van der Waals surface area contributed by atoms with E-state index in [1.807, 2.05) is 37.3 Å². The second-order valence-electron chi connectivity index (χ2n) is 7.86. The third-order valence-electron chi connectivity index (χ3n) is 5.31. The number of nitrogens with zero attached hydrogens (tertiary/aromatic N) is 1. The van der Waals surface area contributed by atoms with Gasteiger partial charge in [-0.1, -0.05) is 59.6 Å². The first-order valence-corrected chi connectivity index (χ1v) is 12.0. The van der Waals surface area contributed by atoms with Gasteiger partial charge in [0.05, 0.1) is 11.6 Å². The van der Waals surface area contributed by atoms with E-state index in [1.54, 1.807) is 36.4 Å². The van der Waals surface area contributed by atoms with Crippen LogP contribution in [0.25, 0.3) is 16.8 Å². The maximum Gasteiger partial charge on any atom is 0.266 e. The first-order valence-electron chi connectivity index (χ1n) is 11.2. The van der Waals surface area contributed by atoms with E-state index in [0.29, 0.717) is 46.0 Å². The molecule has 180 valence electrons. The lowest BCUT2D eigenvalue weighted by atomic mass is 10.1. The Morgan fingerprint density at radius 1 is 0.972 bits per heavy atom. The minimum Gasteiger partial charge on any atom is -0.490 e. The summed E-state index contributed by atoms with van der Waals surface area (Å²) in [7, 11) is 0. The number of carbonyl (C=O) groups is 1. The second-order valence-corrected chi connectivity index (χ2v) is 8.71. The molecule has 0 aliphatic rings. The number of nitrogens with one attached hydrogen (secondary N) is 1. The molecule has 0 radical (unpaired) electrons. The van der Waals surface area contributed by atoms with Crippen LogP contribution >= 0.6 is 23.2 Å². The lowest BCUT2D eigenvalue weighted by Gasteiger charge is -2.15. The van der Waals surface area contributed by atoms with Crippen molar-refractivity contribution in [1.82, 2.24) is 0 Å². The zero-order valence-corrected chi connectivity index (χ0v) is 20.9. The molecule has 4 aromatic carbocycles. The number of nitriles is 1. The fourth-order valence-corrected chi connectivity index (χ4v) is 4.00. The standard InChI is InChI=1S/C29H22Cl2N2O3/c1-2-35-27-16-20(14-23(17-32)29(34)33-25-11-9-24(30)10-12-25)15-26(31)28(27)36-18-19-7-8-21-5-3-4-6-22(21)13-19/h3-16H,2,18H2,1H3,(H,33,34)/b23-14+. The van der Waals surface area contributed by atoms with Crippen molar-refractivity contribution in [3.63, 3.8) is 0 Å². The van der Waals surface area contributed by atoms with Gasteiger partial charge in [0, 0.05) is 10.7 Å². The number of hydrogen-bond donors (Lipinski definition) is 1. The van der Waals surface area contributed by atoms with E-state index in [0.717, 1.165) is 16.3 Å². The third-order valence-corrected chi connectivity index (χ3v) is 5.84. The van der Waals surface area contributed by atoms with Gasteiger partial charge in [-0.2, -0.15) is 5.26 Å². The largest absolute Gasteiger partial charge is 0.490 e. The van der Waals surface area contributed by atoms with E-state index in [-0.39, 0.29) is 5.57 Å². The SMILES string of the molecule is CCOc1cc(/C=C(\C#N)C(=O)Nc2ccc(Cl)cc2)cc(Cl)c1OCc1ccc2ccccc2c1. The van der Waals surface area contributed by atoms with E-state index < -0.39 is 5.91 Å². The minimum absolute atomic E-state index is 0.0895. The van der Waals surface area contributed by atoms with Crippen LogP contribution in [0.3, 0.4) is 0 Å². The summed E-state index contributed by atoms with van der Waals surface area (Å²) in [4.78, 5) is 12.6. The molecular weight excluding hydrogens is 495 g/mol. The Bertz CT molecular complexity index is 1470. The predicted molar refractivity (Wildman–Crippen MR) is 145 cm³/mol. The van der Waals surface area contributed by atoms with Gasteiger partial charge >= 0.3 is 0 Å². The molecule has 0 unspecified atom stereocenters. The Balaban J connectivity index is 1.56. The second kappa shape index (κ2) is 11.6. The number of amides is 1. The molecule has 0 heterocycles. The van der Waals surface area contributed by atoms with Gasteiger partial charge in [0.1, 0.15) is 18.2 Å². The number of ether oxygens (including phenoxy) is 2. The Morgan fingerprint density at radius 2 is 1.72 bits per heavy atom. The van der Waals surface area contributed by atoms with Crippen LogP contribution in [0.2, 0.25) is 10.0 Å². The minimum atomic E-state index is -0.550. The molecule has 0 bridgehead atoms. The van der Waals surface area contributed by atoms with Crippen LogP contribution in [0.1, 0.15) is 18.1 Å². The van der Waals surface area contributed by atoms with Crippen LogP contribution in [0.5, 0.6) is 11.5 Å². The number of rotatable bonds is 8. The Hall–Kier alpha value is -3.98. The van der Waals surface area contributed by atoms with Crippen molar-refractivity contribution in [2.24, 2.45) is 0 Å². The summed E-state index contributed by atoms with van der Waals surface area (Å²) < 4.78 is 11.8. The van der Waals surface area contributed by atoms with Crippen molar-refractivity contribution in [2.45, 2.75) is 13.5 Å². The van der Waals surface area contributed by atoms with Gasteiger partial charge in [0.25, 0.3) is 5.91 Å². The van der Waals surface area contributed by atoms with E-state index >= 15 is 0 Å². The highest BCUT2D eigenvalue weighted by Crippen LogP contribution is 2.38. The van der Waals surface area contributed by atoms with Crippen molar-refractivity contribution in [3.8, 4) is 17.6 Å². The fraction of sp³-hybridized carbons (Fsp3) is 0.103. The molecule has 0 aromatic heterocycles. The van der Waals surface area contributed by atoms with Gasteiger partial charge in [-0.15, -0.1) is 0 Å². The fourth-order valence-electron chi connectivity index (χ4n) is 3.61. The maximum atomic E-state index is 12.6. The average Bonchev–Trinajstić information content (AvgIpc) is 2.88. The molecule has 1 N–H and O–H groups in total. The summed E-state index contributed by atoms with van der Waals surface area (Å²) in [5.41, 5.74) is 1.95. The van der Waals surface area contributed by atoms with Crippen molar-refractivity contribution < 1.29 is 14.3 Å². The normalized spacial score (nSPS) is 11.1. The summed E-state index contributed by atoms with van der Waals surface area (Å²) >= 11 is 12.4.